The maximum Gasteiger partial charge on any atom is 0.339 e. The molecule has 0 amide bonds. The molecule has 0 unspecified atom stereocenters. The van der Waals surface area contributed by atoms with E-state index < -0.39 is 5.97 Å². The van der Waals surface area contributed by atoms with Crippen molar-refractivity contribution in [3.63, 3.8) is 0 Å². The van der Waals surface area contributed by atoms with E-state index in [9.17, 15) is 9.90 Å². The lowest BCUT2D eigenvalue weighted by atomic mass is 10.0. The zero-order chi connectivity index (χ0) is 13.1. The fraction of sp³-hybridized carbons (Fsp3) is 0.0714. The second-order valence-electron chi connectivity index (χ2n) is 3.77. The molecule has 0 aliphatic rings. The SMILES string of the molecule is COc1cc(-c2ccc(O)cc2)ccc1C(=O)O. The second kappa shape index (κ2) is 4.79. The van der Waals surface area contributed by atoms with Crippen LogP contribution >= 0.6 is 0 Å². The summed E-state index contributed by atoms with van der Waals surface area (Å²) in [5.74, 6) is -0.523. The monoisotopic (exact) mass is 244 g/mol. The molecule has 0 bridgehead atoms. The lowest BCUT2D eigenvalue weighted by Gasteiger charge is -2.08. The highest BCUT2D eigenvalue weighted by atomic mass is 16.5. The maximum absolute atomic E-state index is 11.0. The first kappa shape index (κ1) is 12.0. The number of phenolic OH excluding ortho intramolecular Hbond substituents is 1. The van der Waals surface area contributed by atoms with Crippen LogP contribution in [0, 0.1) is 0 Å². The van der Waals surface area contributed by atoms with E-state index in [1.54, 1.807) is 36.4 Å². The molecule has 2 aromatic rings. The third kappa shape index (κ3) is 2.27. The molecule has 0 aliphatic heterocycles. The quantitative estimate of drug-likeness (QED) is 0.871. The highest BCUT2D eigenvalue weighted by Crippen LogP contribution is 2.28. The van der Waals surface area contributed by atoms with Gasteiger partial charge in [-0.2, -0.15) is 0 Å². The minimum atomic E-state index is -1.02. The summed E-state index contributed by atoms with van der Waals surface area (Å²) in [5, 5.41) is 18.2. The molecule has 18 heavy (non-hydrogen) atoms. The molecule has 0 saturated heterocycles. The molecule has 0 radical (unpaired) electrons. The van der Waals surface area contributed by atoms with Crippen LogP contribution in [0.1, 0.15) is 10.4 Å². The zero-order valence-corrected chi connectivity index (χ0v) is 9.75. The van der Waals surface area contributed by atoms with Gasteiger partial charge in [-0.3, -0.25) is 0 Å². The summed E-state index contributed by atoms with van der Waals surface area (Å²) >= 11 is 0. The van der Waals surface area contributed by atoms with Crippen LogP contribution in [0.3, 0.4) is 0 Å². The molecular weight excluding hydrogens is 232 g/mol. The van der Waals surface area contributed by atoms with Crippen LogP contribution in [0.25, 0.3) is 11.1 Å². The van der Waals surface area contributed by atoms with E-state index in [-0.39, 0.29) is 11.3 Å². The Morgan fingerprint density at radius 3 is 2.22 bits per heavy atom. The lowest BCUT2D eigenvalue weighted by Crippen LogP contribution is -2.00. The smallest absolute Gasteiger partial charge is 0.339 e. The summed E-state index contributed by atoms with van der Waals surface area (Å²) in [6.07, 6.45) is 0. The molecule has 0 aromatic heterocycles. The van der Waals surface area contributed by atoms with E-state index >= 15 is 0 Å². The van der Waals surface area contributed by atoms with Gasteiger partial charge in [0.1, 0.15) is 17.1 Å². The average molecular weight is 244 g/mol. The number of hydrogen-bond acceptors (Lipinski definition) is 3. The van der Waals surface area contributed by atoms with Crippen molar-refractivity contribution in [2.75, 3.05) is 7.11 Å². The Kier molecular flexibility index (Phi) is 3.19. The van der Waals surface area contributed by atoms with Crippen LogP contribution in [0.4, 0.5) is 0 Å². The van der Waals surface area contributed by atoms with Gasteiger partial charge in [0.2, 0.25) is 0 Å². The normalized spacial score (nSPS) is 10.1. The Morgan fingerprint density at radius 1 is 1.06 bits per heavy atom. The third-order valence-corrected chi connectivity index (χ3v) is 2.63. The average Bonchev–Trinajstić information content (AvgIpc) is 2.38. The highest BCUT2D eigenvalue weighted by Gasteiger charge is 2.11. The van der Waals surface area contributed by atoms with Crippen molar-refractivity contribution < 1.29 is 19.7 Å². The number of methoxy groups -OCH3 is 1. The third-order valence-electron chi connectivity index (χ3n) is 2.63. The van der Waals surface area contributed by atoms with E-state index in [2.05, 4.69) is 0 Å². The van der Waals surface area contributed by atoms with E-state index in [1.165, 1.54) is 13.2 Å². The molecule has 4 nitrogen and oxygen atoms in total. The minimum Gasteiger partial charge on any atom is -0.508 e. The predicted octanol–water partition coefficient (Wildman–Crippen LogP) is 2.77. The number of aromatic carboxylic acids is 1. The number of benzene rings is 2. The summed E-state index contributed by atoms with van der Waals surface area (Å²) in [7, 11) is 1.43. The van der Waals surface area contributed by atoms with E-state index in [0.717, 1.165) is 11.1 Å². The largest absolute Gasteiger partial charge is 0.508 e. The maximum atomic E-state index is 11.0. The van der Waals surface area contributed by atoms with Crippen molar-refractivity contribution >= 4 is 5.97 Å². The van der Waals surface area contributed by atoms with E-state index in [4.69, 9.17) is 9.84 Å². The van der Waals surface area contributed by atoms with Crippen LogP contribution in [-0.2, 0) is 0 Å². The molecule has 0 fully saturated rings. The van der Waals surface area contributed by atoms with Crippen molar-refractivity contribution in [3.8, 4) is 22.6 Å². The number of hydrogen-bond donors (Lipinski definition) is 2. The van der Waals surface area contributed by atoms with Gasteiger partial charge in [0.15, 0.2) is 0 Å². The van der Waals surface area contributed by atoms with Crippen molar-refractivity contribution in [2.24, 2.45) is 0 Å². The summed E-state index contributed by atoms with van der Waals surface area (Å²) < 4.78 is 5.06. The fourth-order valence-corrected chi connectivity index (χ4v) is 1.70. The first-order valence-electron chi connectivity index (χ1n) is 5.32. The summed E-state index contributed by atoms with van der Waals surface area (Å²) in [6, 6.07) is 11.5. The van der Waals surface area contributed by atoms with Crippen LogP contribution in [0.2, 0.25) is 0 Å². The molecule has 2 N–H and O–H groups in total. The van der Waals surface area contributed by atoms with Gasteiger partial charge < -0.3 is 14.9 Å². The topological polar surface area (TPSA) is 66.8 Å². The fourth-order valence-electron chi connectivity index (χ4n) is 1.70. The number of phenols is 1. The van der Waals surface area contributed by atoms with Gasteiger partial charge in [-0.05, 0) is 35.4 Å². The van der Waals surface area contributed by atoms with Crippen LogP contribution in [-0.4, -0.2) is 23.3 Å². The van der Waals surface area contributed by atoms with Crippen molar-refractivity contribution in [2.45, 2.75) is 0 Å². The Balaban J connectivity index is 2.47. The van der Waals surface area contributed by atoms with E-state index in [0.29, 0.717) is 5.75 Å². The molecule has 4 heteroatoms. The molecule has 2 aromatic carbocycles. The first-order valence-corrected chi connectivity index (χ1v) is 5.32. The standard InChI is InChI=1S/C14H12O4/c1-18-13-8-10(4-7-12(13)14(16)17)9-2-5-11(15)6-3-9/h2-8,15H,1H3,(H,16,17). The first-order chi connectivity index (χ1) is 8.61. The molecule has 0 atom stereocenters. The summed E-state index contributed by atoms with van der Waals surface area (Å²) in [4.78, 5) is 11.0. The minimum absolute atomic E-state index is 0.125. The van der Waals surface area contributed by atoms with Gasteiger partial charge in [-0.1, -0.05) is 18.2 Å². The van der Waals surface area contributed by atoms with Crippen LogP contribution in [0.15, 0.2) is 42.5 Å². The molecule has 2 rings (SSSR count). The van der Waals surface area contributed by atoms with Crippen molar-refractivity contribution in [1.29, 1.82) is 0 Å². The summed E-state index contributed by atoms with van der Waals surface area (Å²) in [6.45, 7) is 0. The number of carboxylic acid groups (broad SMARTS) is 1. The van der Waals surface area contributed by atoms with Crippen LogP contribution in [0.5, 0.6) is 11.5 Å². The molecule has 92 valence electrons. The van der Waals surface area contributed by atoms with Crippen LogP contribution < -0.4 is 4.74 Å². The molecule has 0 aliphatic carbocycles. The lowest BCUT2D eigenvalue weighted by molar-refractivity contribution is 0.0693. The van der Waals surface area contributed by atoms with Crippen molar-refractivity contribution in [1.82, 2.24) is 0 Å². The molecule has 0 heterocycles. The summed E-state index contributed by atoms with van der Waals surface area (Å²) in [5.41, 5.74) is 1.83. The zero-order valence-electron chi connectivity index (χ0n) is 9.75. The number of carbonyl (C=O) groups is 1. The Labute approximate surface area is 104 Å². The predicted molar refractivity (Wildman–Crippen MR) is 67.1 cm³/mol. The van der Waals surface area contributed by atoms with Gasteiger partial charge in [0, 0.05) is 0 Å². The molecular formula is C14H12O4. The molecule has 0 spiro atoms. The number of rotatable bonds is 3. The Morgan fingerprint density at radius 2 is 1.67 bits per heavy atom. The number of aromatic hydroxyl groups is 1. The molecule has 0 saturated carbocycles. The number of carboxylic acids is 1. The van der Waals surface area contributed by atoms with E-state index in [1.807, 2.05) is 0 Å². The van der Waals surface area contributed by atoms with Gasteiger partial charge in [0.25, 0.3) is 0 Å². The van der Waals surface area contributed by atoms with Crippen molar-refractivity contribution in [3.05, 3.63) is 48.0 Å². The van der Waals surface area contributed by atoms with Gasteiger partial charge in [-0.15, -0.1) is 0 Å². The highest BCUT2D eigenvalue weighted by molar-refractivity contribution is 5.92. The van der Waals surface area contributed by atoms with Gasteiger partial charge >= 0.3 is 5.97 Å². The second-order valence-corrected chi connectivity index (χ2v) is 3.77. The van der Waals surface area contributed by atoms with Gasteiger partial charge in [-0.25, -0.2) is 4.79 Å². The Bertz CT molecular complexity index is 573. The number of ether oxygens (including phenoxy) is 1. The van der Waals surface area contributed by atoms with Gasteiger partial charge in [0.05, 0.1) is 7.11 Å². The Hall–Kier alpha value is -2.49.